The van der Waals surface area contributed by atoms with Crippen molar-refractivity contribution in [2.75, 3.05) is 13.1 Å². The van der Waals surface area contributed by atoms with Gasteiger partial charge in [-0.2, -0.15) is 0 Å². The van der Waals surface area contributed by atoms with Crippen molar-refractivity contribution >= 4 is 38.9 Å². The second kappa shape index (κ2) is 4.70. The number of hydrogen-bond acceptors (Lipinski definition) is 3. The van der Waals surface area contributed by atoms with Gasteiger partial charge in [-0.15, -0.1) is 11.3 Å². The zero-order valence-electron chi connectivity index (χ0n) is 12.2. The Labute approximate surface area is 138 Å². The number of rotatable bonds is 1. The Morgan fingerprint density at radius 1 is 1.32 bits per heavy atom. The molecule has 0 radical (unpaired) electrons. The third kappa shape index (κ3) is 1.75. The highest BCUT2D eigenvalue weighted by atomic mass is 35.5. The minimum Gasteiger partial charge on any atom is -0.329 e. The van der Waals surface area contributed by atoms with Gasteiger partial charge >= 0.3 is 0 Å². The first-order chi connectivity index (χ1) is 10.7. The van der Waals surface area contributed by atoms with E-state index < -0.39 is 0 Å². The monoisotopic (exact) mass is 332 g/mol. The van der Waals surface area contributed by atoms with Crippen LogP contribution in [0.5, 0.6) is 0 Å². The van der Waals surface area contributed by atoms with Crippen molar-refractivity contribution in [3.05, 3.63) is 34.2 Å². The number of likely N-dealkylation sites (tertiary alicyclic amines) is 1. The molecule has 3 aliphatic rings. The van der Waals surface area contributed by atoms with Gasteiger partial charge in [0, 0.05) is 24.7 Å². The van der Waals surface area contributed by atoms with Crippen LogP contribution < -0.4 is 0 Å². The third-order valence-corrected chi connectivity index (χ3v) is 7.11. The van der Waals surface area contributed by atoms with Crippen LogP contribution in [0.3, 0.4) is 0 Å². The number of carbonyl (C=O) groups excluding carboxylic acids is 1. The molecule has 1 aromatic heterocycles. The fourth-order valence-electron chi connectivity index (χ4n) is 4.64. The molecule has 3 fully saturated rings. The van der Waals surface area contributed by atoms with Gasteiger partial charge in [-0.25, -0.2) is 0 Å². The van der Waals surface area contributed by atoms with Crippen LogP contribution in [-0.2, 0) is 0 Å². The lowest BCUT2D eigenvalue weighted by Crippen LogP contribution is -2.57. The highest BCUT2D eigenvalue weighted by molar-refractivity contribution is 7.21. The van der Waals surface area contributed by atoms with Gasteiger partial charge in [0.15, 0.2) is 0 Å². The minimum atomic E-state index is 0.219. The number of thiophene rings is 1. The van der Waals surface area contributed by atoms with E-state index in [2.05, 4.69) is 9.80 Å². The predicted molar refractivity (Wildman–Crippen MR) is 89.8 cm³/mol. The molecule has 0 spiro atoms. The molecule has 0 N–H and O–H groups in total. The molecule has 22 heavy (non-hydrogen) atoms. The maximum Gasteiger partial charge on any atom is 0.264 e. The number of carbonyl (C=O) groups is 1. The van der Waals surface area contributed by atoms with Crippen molar-refractivity contribution in [3.63, 3.8) is 0 Å². The first kappa shape index (κ1) is 13.3. The molecule has 2 bridgehead atoms. The summed E-state index contributed by atoms with van der Waals surface area (Å²) in [4.78, 5) is 18.7. The molecule has 4 heterocycles. The average molecular weight is 333 g/mol. The molecular weight excluding hydrogens is 316 g/mol. The SMILES string of the molecule is O=C(c1cc2cccc(Cl)c2s1)N1C2CC3C1CCCN3C2. The van der Waals surface area contributed by atoms with Crippen molar-refractivity contribution in [1.82, 2.24) is 9.80 Å². The van der Waals surface area contributed by atoms with E-state index in [0.29, 0.717) is 18.1 Å². The van der Waals surface area contributed by atoms with Gasteiger partial charge in [0.2, 0.25) is 0 Å². The molecule has 1 aromatic carbocycles. The number of nitrogens with zero attached hydrogens (tertiary/aromatic N) is 2. The van der Waals surface area contributed by atoms with Gasteiger partial charge in [-0.05, 0) is 43.3 Å². The van der Waals surface area contributed by atoms with Gasteiger partial charge < -0.3 is 4.90 Å². The van der Waals surface area contributed by atoms with Crippen LogP contribution >= 0.6 is 22.9 Å². The van der Waals surface area contributed by atoms with Crippen molar-refractivity contribution in [2.24, 2.45) is 0 Å². The van der Waals surface area contributed by atoms with Crippen LogP contribution in [-0.4, -0.2) is 46.9 Å². The Bertz CT molecular complexity index is 771. The van der Waals surface area contributed by atoms with Gasteiger partial charge in [0.1, 0.15) is 0 Å². The number of halogens is 1. The molecule has 0 aliphatic carbocycles. The summed E-state index contributed by atoms with van der Waals surface area (Å²) in [5.74, 6) is 0.219. The van der Waals surface area contributed by atoms with E-state index in [1.54, 1.807) is 11.3 Å². The first-order valence-electron chi connectivity index (χ1n) is 7.97. The molecular formula is C17H17ClN2OS. The Hall–Kier alpha value is -1.10. The third-order valence-electron chi connectivity index (χ3n) is 5.51. The van der Waals surface area contributed by atoms with Gasteiger partial charge in [-0.1, -0.05) is 23.7 Å². The molecule has 2 aromatic rings. The second-order valence-electron chi connectivity index (χ2n) is 6.64. The lowest BCUT2D eigenvalue weighted by atomic mass is 9.98. The Kier molecular flexibility index (Phi) is 2.85. The van der Waals surface area contributed by atoms with Crippen molar-refractivity contribution in [1.29, 1.82) is 0 Å². The number of piperidine rings is 1. The fourth-order valence-corrected chi connectivity index (χ4v) is 5.94. The van der Waals surface area contributed by atoms with Crippen molar-refractivity contribution < 1.29 is 4.79 Å². The molecule has 5 rings (SSSR count). The lowest BCUT2D eigenvalue weighted by molar-refractivity contribution is 0.0281. The summed E-state index contributed by atoms with van der Waals surface area (Å²) in [5.41, 5.74) is 0. The summed E-state index contributed by atoms with van der Waals surface area (Å²) < 4.78 is 1.03. The topological polar surface area (TPSA) is 23.6 Å². The lowest BCUT2D eigenvalue weighted by Gasteiger charge is -2.44. The summed E-state index contributed by atoms with van der Waals surface area (Å²) in [5, 5.41) is 1.82. The number of benzene rings is 1. The minimum absolute atomic E-state index is 0.219. The molecule has 1 amide bonds. The zero-order chi connectivity index (χ0) is 14.8. The quantitative estimate of drug-likeness (QED) is 0.796. The molecule has 0 saturated carbocycles. The number of piperazine rings is 1. The standard InChI is InChI=1S/C17H17ClN2OS/c18-12-4-1-3-10-7-15(22-16(10)12)17(21)20-11-8-14-13(20)5-2-6-19(14)9-11/h1,3-4,7,11,13-14H,2,5-6,8-9H2. The van der Waals surface area contributed by atoms with E-state index in [1.807, 2.05) is 24.3 Å². The molecule has 3 atom stereocenters. The van der Waals surface area contributed by atoms with E-state index in [9.17, 15) is 4.79 Å². The van der Waals surface area contributed by atoms with Crippen LogP contribution in [0.15, 0.2) is 24.3 Å². The second-order valence-corrected chi connectivity index (χ2v) is 8.10. The Morgan fingerprint density at radius 3 is 3.09 bits per heavy atom. The highest BCUT2D eigenvalue weighted by Gasteiger charge is 2.53. The van der Waals surface area contributed by atoms with Crippen LogP contribution in [0.4, 0.5) is 0 Å². The highest BCUT2D eigenvalue weighted by Crippen LogP contribution is 2.42. The largest absolute Gasteiger partial charge is 0.329 e. The summed E-state index contributed by atoms with van der Waals surface area (Å²) in [6, 6.07) is 9.35. The zero-order valence-corrected chi connectivity index (χ0v) is 13.7. The van der Waals surface area contributed by atoms with Crippen LogP contribution in [0, 0.1) is 0 Å². The van der Waals surface area contributed by atoms with Gasteiger partial charge in [0.25, 0.3) is 5.91 Å². The Balaban J connectivity index is 1.52. The van der Waals surface area contributed by atoms with Crippen molar-refractivity contribution in [3.8, 4) is 0 Å². The number of amides is 1. The van der Waals surface area contributed by atoms with Gasteiger partial charge in [0.05, 0.1) is 14.6 Å². The normalized spacial score (nSPS) is 30.4. The first-order valence-corrected chi connectivity index (χ1v) is 9.16. The Morgan fingerprint density at radius 2 is 2.23 bits per heavy atom. The van der Waals surface area contributed by atoms with Gasteiger partial charge in [-0.3, -0.25) is 9.69 Å². The van der Waals surface area contributed by atoms with Crippen LogP contribution in [0.25, 0.3) is 10.1 Å². The number of hydrogen-bond donors (Lipinski definition) is 0. The predicted octanol–water partition coefficient (Wildman–Crippen LogP) is 3.62. The molecule has 3 aliphatic heterocycles. The van der Waals surface area contributed by atoms with Crippen molar-refractivity contribution in [2.45, 2.75) is 37.4 Å². The van der Waals surface area contributed by atoms with Crippen LogP contribution in [0.1, 0.15) is 28.9 Å². The molecule has 114 valence electrons. The fraction of sp³-hybridized carbons (Fsp3) is 0.471. The average Bonchev–Trinajstić information content (AvgIpc) is 3.19. The summed E-state index contributed by atoms with van der Waals surface area (Å²) in [6.45, 7) is 2.29. The molecule has 3 unspecified atom stereocenters. The van der Waals surface area contributed by atoms with E-state index in [0.717, 1.165) is 33.0 Å². The van der Waals surface area contributed by atoms with E-state index >= 15 is 0 Å². The van der Waals surface area contributed by atoms with E-state index in [4.69, 9.17) is 11.6 Å². The maximum absolute atomic E-state index is 13.1. The number of fused-ring (bicyclic) bond motifs is 2. The molecule has 3 saturated heterocycles. The van der Waals surface area contributed by atoms with E-state index in [1.165, 1.54) is 19.4 Å². The summed E-state index contributed by atoms with van der Waals surface area (Å²) in [6.07, 6.45) is 3.55. The smallest absolute Gasteiger partial charge is 0.264 e. The maximum atomic E-state index is 13.1. The van der Waals surface area contributed by atoms with Crippen LogP contribution in [0.2, 0.25) is 5.02 Å². The molecule has 3 nitrogen and oxygen atoms in total. The molecule has 5 heteroatoms. The summed E-state index contributed by atoms with van der Waals surface area (Å²) >= 11 is 7.80. The summed E-state index contributed by atoms with van der Waals surface area (Å²) in [7, 11) is 0. The van der Waals surface area contributed by atoms with E-state index in [-0.39, 0.29) is 5.91 Å².